The van der Waals surface area contributed by atoms with E-state index in [1.807, 2.05) is 13.8 Å². The highest BCUT2D eigenvalue weighted by Crippen LogP contribution is 2.29. The van der Waals surface area contributed by atoms with Gasteiger partial charge in [0.05, 0.1) is 5.02 Å². The zero-order chi connectivity index (χ0) is 14.6. The average molecular weight is 286 g/mol. The third-order valence-corrected chi connectivity index (χ3v) is 2.96. The molecule has 1 unspecified atom stereocenters. The van der Waals surface area contributed by atoms with Crippen LogP contribution in [0.2, 0.25) is 5.02 Å². The number of hydrogen-bond acceptors (Lipinski definition) is 3. The molecule has 0 radical (unpaired) electrons. The highest BCUT2D eigenvalue weighted by atomic mass is 35.5. The van der Waals surface area contributed by atoms with Crippen LogP contribution in [0.3, 0.4) is 0 Å². The van der Waals surface area contributed by atoms with Crippen LogP contribution in [0.4, 0.5) is 5.69 Å². The minimum atomic E-state index is -1.08. The topological polar surface area (TPSA) is 77.8 Å². The number of anilines is 1. The van der Waals surface area contributed by atoms with Gasteiger partial charge in [-0.2, -0.15) is 0 Å². The van der Waals surface area contributed by atoms with Gasteiger partial charge in [0.15, 0.2) is 0 Å². The molecule has 0 aliphatic rings. The standard InChI is InChI=1S/C13H16ClNO4/c1-8(2)5-11(13(18)19)15(7-16)9-3-4-12(17)10(14)6-9/h3-4,6-8,11,17H,5H2,1-2H3,(H,18,19). The van der Waals surface area contributed by atoms with Crippen molar-refractivity contribution in [3.8, 4) is 5.75 Å². The van der Waals surface area contributed by atoms with Gasteiger partial charge in [0, 0.05) is 5.69 Å². The van der Waals surface area contributed by atoms with Crippen LogP contribution in [0.15, 0.2) is 18.2 Å². The molecule has 0 saturated heterocycles. The maximum Gasteiger partial charge on any atom is 0.326 e. The monoisotopic (exact) mass is 285 g/mol. The summed E-state index contributed by atoms with van der Waals surface area (Å²) in [6, 6.07) is 3.17. The Morgan fingerprint density at radius 1 is 1.47 bits per heavy atom. The first-order valence-corrected chi connectivity index (χ1v) is 6.19. The molecule has 0 spiro atoms. The fourth-order valence-corrected chi connectivity index (χ4v) is 1.93. The van der Waals surface area contributed by atoms with Crippen molar-refractivity contribution in [1.82, 2.24) is 0 Å². The van der Waals surface area contributed by atoms with E-state index in [4.69, 9.17) is 11.6 Å². The second-order valence-corrected chi connectivity index (χ2v) is 5.04. The number of hydrogen-bond donors (Lipinski definition) is 2. The number of nitrogens with zero attached hydrogens (tertiary/aromatic N) is 1. The smallest absolute Gasteiger partial charge is 0.326 e. The average Bonchev–Trinajstić information content (AvgIpc) is 2.32. The molecule has 1 amide bonds. The number of carbonyl (C=O) groups excluding carboxylic acids is 1. The summed E-state index contributed by atoms with van der Waals surface area (Å²) < 4.78 is 0. The van der Waals surface area contributed by atoms with Gasteiger partial charge >= 0.3 is 5.97 Å². The fourth-order valence-electron chi connectivity index (χ4n) is 1.75. The summed E-state index contributed by atoms with van der Waals surface area (Å²) in [7, 11) is 0. The van der Waals surface area contributed by atoms with Crippen LogP contribution in [-0.2, 0) is 9.59 Å². The van der Waals surface area contributed by atoms with Crippen molar-refractivity contribution in [1.29, 1.82) is 0 Å². The van der Waals surface area contributed by atoms with Crippen LogP contribution in [0.1, 0.15) is 20.3 Å². The molecule has 1 aromatic carbocycles. The Hall–Kier alpha value is -1.75. The van der Waals surface area contributed by atoms with E-state index in [1.165, 1.54) is 18.2 Å². The molecule has 104 valence electrons. The van der Waals surface area contributed by atoms with Crippen LogP contribution in [-0.4, -0.2) is 28.6 Å². The summed E-state index contributed by atoms with van der Waals surface area (Å²) in [5, 5.41) is 18.6. The van der Waals surface area contributed by atoms with Crippen LogP contribution < -0.4 is 4.90 Å². The molecule has 6 heteroatoms. The molecular formula is C13H16ClNO4. The van der Waals surface area contributed by atoms with E-state index in [2.05, 4.69) is 0 Å². The van der Waals surface area contributed by atoms with Crippen molar-refractivity contribution in [3.05, 3.63) is 23.2 Å². The van der Waals surface area contributed by atoms with E-state index >= 15 is 0 Å². The Morgan fingerprint density at radius 2 is 2.11 bits per heavy atom. The first-order valence-electron chi connectivity index (χ1n) is 5.81. The molecule has 0 heterocycles. The number of aromatic hydroxyl groups is 1. The van der Waals surface area contributed by atoms with Gasteiger partial charge in [0.2, 0.25) is 6.41 Å². The molecule has 1 atom stereocenters. The molecule has 0 aliphatic heterocycles. The van der Waals surface area contributed by atoms with Gasteiger partial charge in [-0.25, -0.2) is 4.79 Å². The van der Waals surface area contributed by atoms with E-state index in [0.717, 1.165) is 4.90 Å². The number of halogens is 1. The molecule has 0 bridgehead atoms. The second-order valence-electron chi connectivity index (χ2n) is 4.63. The van der Waals surface area contributed by atoms with Gasteiger partial charge in [-0.15, -0.1) is 0 Å². The number of phenolic OH excluding ortho intramolecular Hbond substituents is 1. The summed E-state index contributed by atoms with van der Waals surface area (Å²) in [5.41, 5.74) is 0.339. The second kappa shape index (κ2) is 6.43. The number of carbonyl (C=O) groups is 2. The SMILES string of the molecule is CC(C)CC(C(=O)O)N(C=O)c1ccc(O)c(Cl)c1. The van der Waals surface area contributed by atoms with Crippen molar-refractivity contribution in [3.63, 3.8) is 0 Å². The number of rotatable bonds is 6. The third-order valence-electron chi connectivity index (χ3n) is 2.66. The quantitative estimate of drug-likeness (QED) is 0.787. The largest absolute Gasteiger partial charge is 0.506 e. The lowest BCUT2D eigenvalue weighted by molar-refractivity contribution is -0.139. The molecule has 19 heavy (non-hydrogen) atoms. The normalized spacial score (nSPS) is 12.2. The molecule has 0 saturated carbocycles. The van der Waals surface area contributed by atoms with Gasteiger partial charge in [-0.1, -0.05) is 25.4 Å². The summed E-state index contributed by atoms with van der Waals surface area (Å²) in [6.07, 6.45) is 0.788. The number of amides is 1. The van der Waals surface area contributed by atoms with Crippen molar-refractivity contribution in [2.45, 2.75) is 26.3 Å². The van der Waals surface area contributed by atoms with Gasteiger partial charge in [-0.05, 0) is 30.5 Å². The summed E-state index contributed by atoms with van der Waals surface area (Å²) in [6.45, 7) is 3.76. The molecule has 5 nitrogen and oxygen atoms in total. The Balaban J connectivity index is 3.11. The molecule has 0 fully saturated rings. The van der Waals surface area contributed by atoms with E-state index in [9.17, 15) is 19.8 Å². The zero-order valence-corrected chi connectivity index (χ0v) is 11.5. The molecule has 1 aromatic rings. The van der Waals surface area contributed by atoms with Gasteiger partial charge in [0.25, 0.3) is 0 Å². The molecular weight excluding hydrogens is 270 g/mol. The van der Waals surface area contributed by atoms with Crippen molar-refractivity contribution < 1.29 is 19.8 Å². The molecule has 0 aliphatic carbocycles. The van der Waals surface area contributed by atoms with Crippen LogP contribution in [0.5, 0.6) is 5.75 Å². The minimum Gasteiger partial charge on any atom is -0.506 e. The minimum absolute atomic E-state index is 0.0676. The Bertz CT molecular complexity index is 476. The van der Waals surface area contributed by atoms with Crippen LogP contribution in [0.25, 0.3) is 0 Å². The maximum atomic E-state index is 11.3. The lowest BCUT2D eigenvalue weighted by atomic mass is 10.0. The van der Waals surface area contributed by atoms with E-state index in [-0.39, 0.29) is 16.7 Å². The van der Waals surface area contributed by atoms with Gasteiger partial charge in [-0.3, -0.25) is 4.79 Å². The summed E-state index contributed by atoms with van der Waals surface area (Å²) in [5.74, 6) is -1.08. The Labute approximate surface area is 116 Å². The number of aliphatic carboxylic acids is 1. The molecule has 2 N–H and O–H groups in total. The highest BCUT2D eigenvalue weighted by Gasteiger charge is 2.27. The molecule has 0 aromatic heterocycles. The predicted molar refractivity (Wildman–Crippen MR) is 72.5 cm³/mol. The van der Waals surface area contributed by atoms with E-state index in [1.54, 1.807) is 0 Å². The highest BCUT2D eigenvalue weighted by molar-refractivity contribution is 6.32. The van der Waals surface area contributed by atoms with E-state index < -0.39 is 12.0 Å². The third kappa shape index (κ3) is 3.86. The number of benzene rings is 1. The summed E-state index contributed by atoms with van der Waals surface area (Å²) in [4.78, 5) is 23.6. The first-order chi connectivity index (χ1) is 8.86. The number of carboxylic acids is 1. The number of carboxylic acid groups (broad SMARTS) is 1. The van der Waals surface area contributed by atoms with Gasteiger partial charge in [0.1, 0.15) is 11.8 Å². The lowest BCUT2D eigenvalue weighted by Gasteiger charge is -2.26. The lowest BCUT2D eigenvalue weighted by Crippen LogP contribution is -2.41. The maximum absolute atomic E-state index is 11.3. The first kappa shape index (κ1) is 15.3. The van der Waals surface area contributed by atoms with E-state index in [0.29, 0.717) is 18.5 Å². The zero-order valence-electron chi connectivity index (χ0n) is 10.7. The van der Waals surface area contributed by atoms with Gasteiger partial charge < -0.3 is 15.1 Å². The van der Waals surface area contributed by atoms with Crippen molar-refractivity contribution in [2.75, 3.05) is 4.90 Å². The predicted octanol–water partition coefficient (Wildman–Crippen LogP) is 2.51. The van der Waals surface area contributed by atoms with Crippen molar-refractivity contribution in [2.24, 2.45) is 5.92 Å². The fraction of sp³-hybridized carbons (Fsp3) is 0.385. The van der Waals surface area contributed by atoms with Crippen LogP contribution in [0, 0.1) is 5.92 Å². The molecule has 1 rings (SSSR count). The van der Waals surface area contributed by atoms with Crippen molar-refractivity contribution >= 4 is 29.7 Å². The Kier molecular flexibility index (Phi) is 5.18. The Morgan fingerprint density at radius 3 is 2.53 bits per heavy atom. The number of phenols is 1. The van der Waals surface area contributed by atoms with Crippen LogP contribution >= 0.6 is 11.6 Å². The summed E-state index contributed by atoms with van der Waals surface area (Å²) >= 11 is 5.76.